The van der Waals surface area contributed by atoms with Crippen molar-refractivity contribution in [3.05, 3.63) is 178 Å². The van der Waals surface area contributed by atoms with E-state index in [9.17, 15) is 0 Å². The van der Waals surface area contributed by atoms with Gasteiger partial charge in [-0.1, -0.05) is 100 Å². The topological polar surface area (TPSA) is 6.48 Å². The largest absolute Gasteiger partial charge is 0.310 e. The molecule has 0 bridgehead atoms. The Morgan fingerprint density at radius 3 is 1.08 bits per heavy atom. The highest BCUT2D eigenvalue weighted by molar-refractivity contribution is 6.24. The molecule has 2 nitrogen and oxygen atoms in total. The van der Waals surface area contributed by atoms with Gasteiger partial charge in [0, 0.05) is 33.5 Å². The second-order valence-corrected chi connectivity index (χ2v) is 18.4. The van der Waals surface area contributed by atoms with E-state index in [1.165, 1.54) is 149 Å². The third kappa shape index (κ3) is 6.75. The van der Waals surface area contributed by atoms with Crippen LogP contribution in [-0.2, 0) is 25.7 Å². The van der Waals surface area contributed by atoms with E-state index in [0.29, 0.717) is 11.8 Å². The molecule has 2 aliphatic carbocycles. The van der Waals surface area contributed by atoms with E-state index in [0.717, 1.165) is 12.8 Å². The van der Waals surface area contributed by atoms with Crippen LogP contribution in [0.1, 0.15) is 110 Å². The standard InChI is InChI=1S/C58H58N2/c1-37(2)49-29-27-45(31-39(49)5)59(47-25-23-41-15-7-9-17-43(41)33-47)57-35-55-52-20-12-14-22-54(52)58(36-56(55)51-19-11-13-21-53(51)57)60(46-28-30-50(38(3)4)40(6)32-46)48-26-24-42-16-8-10-18-44(42)34-48/h11-14,19-38H,7-10,15-18H2,1-6H3. The minimum atomic E-state index is 0.469. The molecule has 0 unspecified atom stereocenters. The predicted octanol–water partition coefficient (Wildman–Crippen LogP) is 16.7. The molecular formula is C58H58N2. The second kappa shape index (κ2) is 15.6. The summed E-state index contributed by atoms with van der Waals surface area (Å²) in [6.45, 7) is 13.8. The van der Waals surface area contributed by atoms with Crippen molar-refractivity contribution in [3.63, 3.8) is 0 Å². The maximum atomic E-state index is 2.55. The van der Waals surface area contributed by atoms with E-state index in [1.54, 1.807) is 0 Å². The zero-order valence-electron chi connectivity index (χ0n) is 36.4. The minimum absolute atomic E-state index is 0.469. The Bertz CT molecular complexity index is 2730. The third-order valence-corrected chi connectivity index (χ3v) is 13.8. The summed E-state index contributed by atoms with van der Waals surface area (Å²) in [5, 5.41) is 7.61. The number of aryl methyl sites for hydroxylation is 6. The molecule has 0 aromatic heterocycles. The van der Waals surface area contributed by atoms with Crippen molar-refractivity contribution < 1.29 is 0 Å². The van der Waals surface area contributed by atoms with E-state index >= 15 is 0 Å². The summed E-state index contributed by atoms with van der Waals surface area (Å²) in [6.07, 6.45) is 9.73. The van der Waals surface area contributed by atoms with E-state index in [1.807, 2.05) is 0 Å². The van der Waals surface area contributed by atoms with Crippen LogP contribution in [0.25, 0.3) is 32.3 Å². The summed E-state index contributed by atoms with van der Waals surface area (Å²) in [5.74, 6) is 0.937. The molecule has 0 aliphatic heterocycles. The van der Waals surface area contributed by atoms with Gasteiger partial charge >= 0.3 is 0 Å². The van der Waals surface area contributed by atoms with Gasteiger partial charge in [-0.3, -0.25) is 0 Å². The maximum absolute atomic E-state index is 2.55. The number of anilines is 6. The molecule has 10 rings (SSSR count). The van der Waals surface area contributed by atoms with E-state index in [2.05, 4.69) is 185 Å². The highest BCUT2D eigenvalue weighted by atomic mass is 15.2. The van der Waals surface area contributed by atoms with Crippen LogP contribution < -0.4 is 9.80 Å². The first kappa shape index (κ1) is 38.3. The Balaban J connectivity index is 1.25. The van der Waals surface area contributed by atoms with Crippen LogP contribution in [0.5, 0.6) is 0 Å². The zero-order valence-corrected chi connectivity index (χ0v) is 36.4. The Morgan fingerprint density at radius 2 is 0.700 bits per heavy atom. The van der Waals surface area contributed by atoms with Crippen molar-refractivity contribution in [2.24, 2.45) is 0 Å². The molecule has 0 saturated carbocycles. The highest BCUT2D eigenvalue weighted by Crippen LogP contribution is 2.49. The van der Waals surface area contributed by atoms with Crippen molar-refractivity contribution in [2.75, 3.05) is 9.80 Å². The average Bonchev–Trinajstić information content (AvgIpc) is 3.26. The summed E-state index contributed by atoms with van der Waals surface area (Å²) in [6, 6.07) is 52.1. The van der Waals surface area contributed by atoms with Gasteiger partial charge in [-0.15, -0.1) is 0 Å². The number of hydrogen-bond donors (Lipinski definition) is 0. The lowest BCUT2D eigenvalue weighted by Crippen LogP contribution is -2.14. The Hall–Kier alpha value is -5.86. The van der Waals surface area contributed by atoms with Crippen molar-refractivity contribution in [1.82, 2.24) is 0 Å². The zero-order chi connectivity index (χ0) is 41.1. The number of hydrogen-bond acceptors (Lipinski definition) is 2. The van der Waals surface area contributed by atoms with Crippen LogP contribution in [0.3, 0.4) is 0 Å². The molecule has 0 saturated heterocycles. The second-order valence-electron chi connectivity index (χ2n) is 18.4. The van der Waals surface area contributed by atoms with Gasteiger partial charge < -0.3 is 9.80 Å². The van der Waals surface area contributed by atoms with Crippen LogP contribution in [0.15, 0.2) is 133 Å². The molecule has 0 N–H and O–H groups in total. The van der Waals surface area contributed by atoms with Crippen LogP contribution in [0.4, 0.5) is 34.1 Å². The normalized spacial score (nSPS) is 13.9. The van der Waals surface area contributed by atoms with E-state index < -0.39 is 0 Å². The summed E-state index contributed by atoms with van der Waals surface area (Å²) in [4.78, 5) is 5.10. The molecule has 0 fully saturated rings. The lowest BCUT2D eigenvalue weighted by Gasteiger charge is -2.31. The van der Waals surface area contributed by atoms with Crippen molar-refractivity contribution in [3.8, 4) is 0 Å². The minimum Gasteiger partial charge on any atom is -0.310 e. The molecule has 60 heavy (non-hydrogen) atoms. The fourth-order valence-corrected chi connectivity index (χ4v) is 10.7. The molecule has 8 aromatic carbocycles. The van der Waals surface area contributed by atoms with Gasteiger partial charge in [0.2, 0.25) is 0 Å². The average molecular weight is 783 g/mol. The summed E-state index contributed by atoms with van der Waals surface area (Å²) in [7, 11) is 0. The third-order valence-electron chi connectivity index (χ3n) is 13.8. The van der Waals surface area contributed by atoms with Crippen LogP contribution in [0, 0.1) is 13.8 Å². The smallest absolute Gasteiger partial charge is 0.0546 e. The van der Waals surface area contributed by atoms with Gasteiger partial charge in [0.05, 0.1) is 11.4 Å². The fourth-order valence-electron chi connectivity index (χ4n) is 10.7. The monoisotopic (exact) mass is 782 g/mol. The Kier molecular flexibility index (Phi) is 9.99. The van der Waals surface area contributed by atoms with Gasteiger partial charge in [-0.2, -0.15) is 0 Å². The molecule has 0 radical (unpaired) electrons. The molecule has 8 aromatic rings. The summed E-state index contributed by atoms with van der Waals surface area (Å²) in [5.41, 5.74) is 18.8. The van der Waals surface area contributed by atoms with Crippen LogP contribution in [-0.4, -0.2) is 0 Å². The predicted molar refractivity (Wildman–Crippen MR) is 259 cm³/mol. The quantitative estimate of drug-likeness (QED) is 0.142. The van der Waals surface area contributed by atoms with E-state index in [-0.39, 0.29) is 0 Å². The number of nitrogens with zero attached hydrogens (tertiary/aromatic N) is 2. The lowest BCUT2D eigenvalue weighted by atomic mass is 9.90. The van der Waals surface area contributed by atoms with E-state index in [4.69, 9.17) is 0 Å². The summed E-state index contributed by atoms with van der Waals surface area (Å²) < 4.78 is 0. The SMILES string of the molecule is Cc1cc(N(c2ccc3c(c2)CCCC3)c2cc3c4ccccc4c(N(c4ccc(C(C)C)c(C)c4)c4ccc5c(c4)CCCC5)cc3c3ccccc23)ccc1C(C)C. The first-order valence-corrected chi connectivity index (χ1v) is 22.7. The number of fused-ring (bicyclic) bond motifs is 7. The number of benzene rings is 8. The molecule has 0 spiro atoms. The van der Waals surface area contributed by atoms with Crippen molar-refractivity contribution in [1.29, 1.82) is 0 Å². The molecule has 0 atom stereocenters. The first-order chi connectivity index (χ1) is 29.2. The Morgan fingerprint density at radius 1 is 0.350 bits per heavy atom. The van der Waals surface area contributed by atoms with Gasteiger partial charge in [-0.25, -0.2) is 0 Å². The van der Waals surface area contributed by atoms with Crippen LogP contribution >= 0.6 is 0 Å². The summed E-state index contributed by atoms with van der Waals surface area (Å²) >= 11 is 0. The molecule has 2 aliphatic rings. The van der Waals surface area contributed by atoms with Gasteiger partial charge in [0.25, 0.3) is 0 Å². The maximum Gasteiger partial charge on any atom is 0.0546 e. The fraction of sp³-hybridized carbons (Fsp3) is 0.276. The molecule has 0 heterocycles. The lowest BCUT2D eigenvalue weighted by molar-refractivity contribution is 0.685. The molecule has 0 amide bonds. The van der Waals surface area contributed by atoms with Crippen molar-refractivity contribution >= 4 is 66.4 Å². The highest BCUT2D eigenvalue weighted by Gasteiger charge is 2.24. The van der Waals surface area contributed by atoms with Gasteiger partial charge in [0.1, 0.15) is 0 Å². The van der Waals surface area contributed by atoms with Gasteiger partial charge in [0.15, 0.2) is 0 Å². The van der Waals surface area contributed by atoms with Crippen molar-refractivity contribution in [2.45, 2.75) is 105 Å². The molecular weight excluding hydrogens is 725 g/mol. The Labute approximate surface area is 357 Å². The molecule has 2 heteroatoms. The first-order valence-electron chi connectivity index (χ1n) is 22.7. The number of rotatable bonds is 8. The van der Waals surface area contributed by atoms with Crippen LogP contribution in [0.2, 0.25) is 0 Å². The van der Waals surface area contributed by atoms with Gasteiger partial charge in [-0.05, 0) is 204 Å². The molecule has 300 valence electrons.